The van der Waals surface area contributed by atoms with Crippen molar-refractivity contribution in [3.8, 4) is 0 Å². The molecule has 2 atom stereocenters. The van der Waals surface area contributed by atoms with Gasteiger partial charge in [-0.15, -0.1) is 21.8 Å². The Kier molecular flexibility index (Phi) is 3.46. The van der Waals surface area contributed by atoms with E-state index in [1.807, 2.05) is 0 Å². The molecule has 0 aromatic carbocycles. The van der Waals surface area contributed by atoms with Gasteiger partial charge in [-0.05, 0) is 34.1 Å². The molecule has 2 heterocycles. The monoisotopic (exact) mass is 257 g/mol. The topological polar surface area (TPSA) is 39.9 Å². The van der Waals surface area contributed by atoms with Gasteiger partial charge >= 0.3 is 0 Å². The smallest absolute Gasteiger partial charge is 0.148 e. The molecule has 1 aromatic rings. The van der Waals surface area contributed by atoms with Crippen LogP contribution in [0.1, 0.15) is 51.7 Å². The molecule has 1 aromatic heterocycles. The van der Waals surface area contributed by atoms with Gasteiger partial charge in [0, 0.05) is 18.1 Å². The van der Waals surface area contributed by atoms with Gasteiger partial charge in [-0.25, -0.2) is 0 Å². The van der Waals surface area contributed by atoms with E-state index in [2.05, 4.69) is 42.5 Å². The summed E-state index contributed by atoms with van der Waals surface area (Å²) in [7, 11) is 0. The number of aromatic nitrogens is 3. The molecule has 0 radical (unpaired) electrons. The van der Waals surface area contributed by atoms with Crippen LogP contribution in [-0.2, 0) is 16.2 Å². The van der Waals surface area contributed by atoms with Crippen LogP contribution >= 0.6 is 11.6 Å². The minimum absolute atomic E-state index is 0.0502. The highest BCUT2D eigenvalue weighted by Gasteiger charge is 2.33. The average Bonchev–Trinajstić information content (AvgIpc) is 2.81. The van der Waals surface area contributed by atoms with E-state index < -0.39 is 0 Å². The van der Waals surface area contributed by atoms with E-state index >= 15 is 0 Å². The van der Waals surface area contributed by atoms with Gasteiger partial charge in [0.05, 0.1) is 12.0 Å². The maximum Gasteiger partial charge on any atom is 0.148 e. The Morgan fingerprint density at radius 2 is 2.12 bits per heavy atom. The van der Waals surface area contributed by atoms with Crippen LogP contribution in [0.5, 0.6) is 0 Å². The molecule has 0 bridgehead atoms. The summed E-state index contributed by atoms with van der Waals surface area (Å²) in [6.07, 6.45) is 1.22. The van der Waals surface area contributed by atoms with Gasteiger partial charge in [0.15, 0.2) is 0 Å². The first-order chi connectivity index (χ1) is 7.95. The first-order valence-corrected chi connectivity index (χ1v) is 6.61. The number of hydrogen-bond donors (Lipinski definition) is 0. The van der Waals surface area contributed by atoms with Gasteiger partial charge in [0.1, 0.15) is 11.6 Å². The molecule has 96 valence electrons. The van der Waals surface area contributed by atoms with Crippen molar-refractivity contribution in [1.29, 1.82) is 0 Å². The molecular weight excluding hydrogens is 238 g/mol. The third-order valence-corrected chi connectivity index (χ3v) is 3.49. The fourth-order valence-electron chi connectivity index (χ4n) is 2.46. The number of rotatable bonds is 2. The maximum absolute atomic E-state index is 5.94. The van der Waals surface area contributed by atoms with Gasteiger partial charge in [0.25, 0.3) is 0 Å². The lowest BCUT2D eigenvalue weighted by molar-refractivity contribution is 0.116. The lowest BCUT2D eigenvalue weighted by Gasteiger charge is -2.27. The van der Waals surface area contributed by atoms with Gasteiger partial charge in [-0.2, -0.15) is 0 Å². The van der Waals surface area contributed by atoms with Crippen molar-refractivity contribution >= 4 is 11.6 Å². The summed E-state index contributed by atoms with van der Waals surface area (Å²) >= 11 is 5.94. The molecule has 2 unspecified atom stereocenters. The van der Waals surface area contributed by atoms with Crippen LogP contribution in [0.15, 0.2) is 0 Å². The Hall–Kier alpha value is -0.610. The second kappa shape index (κ2) is 4.58. The molecular formula is C12H20ClN3O. The highest BCUT2D eigenvalue weighted by molar-refractivity contribution is 6.16. The molecule has 0 amide bonds. The maximum atomic E-state index is 5.94. The molecule has 0 N–H and O–H groups in total. The Bertz CT molecular complexity index is 397. The molecule has 0 spiro atoms. The Balaban J connectivity index is 2.44. The lowest BCUT2D eigenvalue weighted by Crippen LogP contribution is -2.28. The zero-order chi connectivity index (χ0) is 12.6. The SMILES string of the molecule is CC1OCCC1c1nnc(CCl)n1C(C)(C)C. The van der Waals surface area contributed by atoms with Crippen LogP contribution in [-0.4, -0.2) is 27.5 Å². The average molecular weight is 258 g/mol. The minimum Gasteiger partial charge on any atom is -0.378 e. The first kappa shape index (κ1) is 12.8. The summed E-state index contributed by atoms with van der Waals surface area (Å²) in [5.74, 6) is 2.58. The Morgan fingerprint density at radius 3 is 2.59 bits per heavy atom. The third-order valence-electron chi connectivity index (χ3n) is 3.25. The van der Waals surface area contributed by atoms with Crippen molar-refractivity contribution in [1.82, 2.24) is 14.8 Å². The molecule has 1 aliphatic heterocycles. The second-order valence-electron chi connectivity index (χ2n) is 5.59. The first-order valence-electron chi connectivity index (χ1n) is 6.07. The number of alkyl halides is 1. The lowest BCUT2D eigenvalue weighted by atomic mass is 9.99. The number of nitrogens with zero attached hydrogens (tertiary/aromatic N) is 3. The number of hydrogen-bond acceptors (Lipinski definition) is 3. The largest absolute Gasteiger partial charge is 0.378 e. The number of halogens is 1. The fourth-order valence-corrected chi connectivity index (χ4v) is 2.63. The number of ether oxygens (including phenoxy) is 1. The normalized spacial score (nSPS) is 25.5. The minimum atomic E-state index is -0.0502. The summed E-state index contributed by atoms with van der Waals surface area (Å²) in [4.78, 5) is 0. The third kappa shape index (κ3) is 2.33. The Morgan fingerprint density at radius 1 is 1.41 bits per heavy atom. The molecule has 17 heavy (non-hydrogen) atoms. The van der Waals surface area contributed by atoms with E-state index in [0.29, 0.717) is 11.8 Å². The van der Waals surface area contributed by atoms with E-state index in [9.17, 15) is 0 Å². The van der Waals surface area contributed by atoms with Crippen molar-refractivity contribution in [2.24, 2.45) is 0 Å². The van der Waals surface area contributed by atoms with Gasteiger partial charge in [-0.3, -0.25) is 0 Å². The van der Waals surface area contributed by atoms with Gasteiger partial charge in [0.2, 0.25) is 0 Å². The standard InChI is InChI=1S/C12H20ClN3O/c1-8-9(5-6-17-8)11-15-14-10(7-13)16(11)12(2,3)4/h8-9H,5-7H2,1-4H3. The highest BCUT2D eigenvalue weighted by atomic mass is 35.5. The predicted molar refractivity (Wildman–Crippen MR) is 67.3 cm³/mol. The summed E-state index contributed by atoms with van der Waals surface area (Å²) in [6, 6.07) is 0. The quantitative estimate of drug-likeness (QED) is 0.765. The molecule has 0 saturated carbocycles. The van der Waals surface area contributed by atoms with Crippen LogP contribution in [0.4, 0.5) is 0 Å². The molecule has 1 fully saturated rings. The molecule has 4 nitrogen and oxygen atoms in total. The summed E-state index contributed by atoms with van der Waals surface area (Å²) in [5.41, 5.74) is -0.0502. The van der Waals surface area contributed by atoms with E-state index in [0.717, 1.165) is 24.7 Å². The summed E-state index contributed by atoms with van der Waals surface area (Å²) in [5, 5.41) is 8.54. The second-order valence-corrected chi connectivity index (χ2v) is 5.85. The summed E-state index contributed by atoms with van der Waals surface area (Å²) in [6.45, 7) is 9.35. The van der Waals surface area contributed by atoms with Crippen molar-refractivity contribution in [2.75, 3.05) is 6.61 Å². The molecule has 5 heteroatoms. The zero-order valence-corrected chi connectivity index (χ0v) is 11.7. The van der Waals surface area contributed by atoms with Crippen molar-refractivity contribution in [2.45, 2.75) is 57.6 Å². The molecule has 0 aliphatic carbocycles. The van der Waals surface area contributed by atoms with Gasteiger partial charge in [-0.1, -0.05) is 0 Å². The predicted octanol–water partition coefficient (Wildman–Crippen LogP) is 2.66. The van der Waals surface area contributed by atoms with Gasteiger partial charge < -0.3 is 9.30 Å². The zero-order valence-electron chi connectivity index (χ0n) is 10.9. The van der Waals surface area contributed by atoms with Crippen LogP contribution in [0.25, 0.3) is 0 Å². The van der Waals surface area contributed by atoms with E-state index in [-0.39, 0.29) is 11.6 Å². The Labute approximate surface area is 107 Å². The summed E-state index contributed by atoms with van der Waals surface area (Å²) < 4.78 is 7.78. The van der Waals surface area contributed by atoms with Crippen molar-refractivity contribution in [3.05, 3.63) is 11.6 Å². The molecule has 2 rings (SSSR count). The molecule has 1 saturated heterocycles. The fraction of sp³-hybridized carbons (Fsp3) is 0.833. The van der Waals surface area contributed by atoms with Crippen molar-refractivity contribution in [3.63, 3.8) is 0 Å². The van der Waals surface area contributed by atoms with Crippen LogP contribution in [0.3, 0.4) is 0 Å². The highest BCUT2D eigenvalue weighted by Crippen LogP contribution is 2.33. The van der Waals surface area contributed by atoms with E-state index in [1.54, 1.807) is 0 Å². The van der Waals surface area contributed by atoms with Crippen molar-refractivity contribution < 1.29 is 4.74 Å². The van der Waals surface area contributed by atoms with Crippen LogP contribution in [0.2, 0.25) is 0 Å². The van der Waals surface area contributed by atoms with E-state index in [1.165, 1.54) is 0 Å². The molecule has 1 aliphatic rings. The van der Waals surface area contributed by atoms with Crippen LogP contribution in [0, 0.1) is 0 Å². The van der Waals surface area contributed by atoms with Crippen LogP contribution < -0.4 is 0 Å². The van der Waals surface area contributed by atoms with E-state index in [4.69, 9.17) is 16.3 Å².